The van der Waals surface area contributed by atoms with Gasteiger partial charge in [-0.25, -0.2) is 4.68 Å². The number of nitrogens with one attached hydrogen (secondary N) is 1. The second-order valence-corrected chi connectivity index (χ2v) is 9.17. The zero-order chi connectivity index (χ0) is 25.8. The van der Waals surface area contributed by atoms with Gasteiger partial charge in [0.1, 0.15) is 18.1 Å². The molecule has 0 spiro atoms. The fourth-order valence-corrected chi connectivity index (χ4v) is 4.66. The molecule has 9 nitrogen and oxygen atoms in total. The maximum absolute atomic E-state index is 13.1. The highest BCUT2D eigenvalue weighted by atomic mass is 16.5. The van der Waals surface area contributed by atoms with Crippen LogP contribution in [-0.2, 0) is 19.6 Å². The third-order valence-corrected chi connectivity index (χ3v) is 6.57. The topological polar surface area (TPSA) is 102 Å². The van der Waals surface area contributed by atoms with Gasteiger partial charge in [-0.15, -0.1) is 5.10 Å². The lowest BCUT2D eigenvalue weighted by molar-refractivity contribution is 0.161. The first-order chi connectivity index (χ1) is 18.0. The van der Waals surface area contributed by atoms with Gasteiger partial charge < -0.3 is 14.1 Å². The molecule has 190 valence electrons. The Labute approximate surface area is 214 Å². The van der Waals surface area contributed by atoms with Crippen LogP contribution < -0.4 is 10.3 Å². The van der Waals surface area contributed by atoms with Crippen molar-refractivity contribution in [2.24, 2.45) is 0 Å². The molecule has 0 bridgehead atoms. The van der Waals surface area contributed by atoms with Crippen molar-refractivity contribution < 1.29 is 9.15 Å². The summed E-state index contributed by atoms with van der Waals surface area (Å²) in [6, 6.07) is 19.6. The minimum atomic E-state index is -0.139. The van der Waals surface area contributed by atoms with Crippen LogP contribution in [0.25, 0.3) is 10.9 Å². The minimum Gasteiger partial charge on any atom is -0.497 e. The molecule has 0 aliphatic heterocycles. The van der Waals surface area contributed by atoms with Gasteiger partial charge in [-0.05, 0) is 76.7 Å². The summed E-state index contributed by atoms with van der Waals surface area (Å²) in [5, 5.41) is 13.6. The average molecular weight is 499 g/mol. The maximum atomic E-state index is 13.1. The fraction of sp³-hybridized carbons (Fsp3) is 0.286. The summed E-state index contributed by atoms with van der Waals surface area (Å²) < 4.78 is 12.6. The lowest BCUT2D eigenvalue weighted by Crippen LogP contribution is -2.32. The highest BCUT2D eigenvalue weighted by molar-refractivity contribution is 5.79. The number of rotatable bonds is 10. The van der Waals surface area contributed by atoms with Crippen molar-refractivity contribution in [2.45, 2.75) is 45.9 Å². The van der Waals surface area contributed by atoms with Gasteiger partial charge in [-0.2, -0.15) is 0 Å². The van der Waals surface area contributed by atoms with Crippen LogP contribution in [0.4, 0.5) is 0 Å². The molecule has 2 aromatic carbocycles. The van der Waals surface area contributed by atoms with Crippen LogP contribution >= 0.6 is 0 Å². The number of fused-ring (bicyclic) bond motifs is 1. The summed E-state index contributed by atoms with van der Waals surface area (Å²) in [7, 11) is 1.65. The summed E-state index contributed by atoms with van der Waals surface area (Å²) in [4.78, 5) is 18.4. The number of hydrogen-bond acceptors (Lipinski definition) is 7. The Morgan fingerprint density at radius 1 is 1.11 bits per heavy atom. The van der Waals surface area contributed by atoms with Crippen LogP contribution in [0.3, 0.4) is 0 Å². The Kier molecular flexibility index (Phi) is 7.14. The number of hydrogen-bond donors (Lipinski definition) is 1. The monoisotopic (exact) mass is 498 g/mol. The molecule has 0 saturated heterocycles. The molecule has 1 unspecified atom stereocenters. The molecular formula is C28H30N6O3. The summed E-state index contributed by atoms with van der Waals surface area (Å²) in [6.07, 6.45) is 2.39. The number of pyridine rings is 1. The molecule has 0 aliphatic rings. The number of nitrogens with zero attached hydrogens (tertiary/aromatic N) is 5. The van der Waals surface area contributed by atoms with E-state index in [4.69, 9.17) is 9.15 Å². The lowest BCUT2D eigenvalue weighted by atomic mass is 10.1. The van der Waals surface area contributed by atoms with Crippen molar-refractivity contribution in [2.75, 3.05) is 7.11 Å². The number of methoxy groups -OCH3 is 1. The van der Waals surface area contributed by atoms with E-state index >= 15 is 0 Å². The van der Waals surface area contributed by atoms with Crippen LogP contribution in [0.15, 0.2) is 76.1 Å². The number of aromatic amines is 1. The predicted molar refractivity (Wildman–Crippen MR) is 140 cm³/mol. The van der Waals surface area contributed by atoms with E-state index in [2.05, 4.69) is 38.4 Å². The normalized spacial score (nSPS) is 12.3. The van der Waals surface area contributed by atoms with Crippen LogP contribution in [0.1, 0.15) is 47.7 Å². The van der Waals surface area contributed by atoms with Crippen LogP contribution in [0.2, 0.25) is 0 Å². The number of aromatic nitrogens is 5. The van der Waals surface area contributed by atoms with Gasteiger partial charge in [0, 0.05) is 24.2 Å². The molecule has 1 atom stereocenters. The Morgan fingerprint density at radius 2 is 1.95 bits per heavy atom. The zero-order valence-electron chi connectivity index (χ0n) is 21.2. The summed E-state index contributed by atoms with van der Waals surface area (Å²) in [5.74, 6) is 2.29. The van der Waals surface area contributed by atoms with E-state index in [-0.39, 0.29) is 11.6 Å². The minimum absolute atomic E-state index is 0.0946. The molecule has 0 aliphatic carbocycles. The first-order valence-electron chi connectivity index (χ1n) is 12.3. The number of aryl methyl sites for hydroxylation is 1. The molecule has 5 rings (SSSR count). The molecule has 0 fully saturated rings. The SMILES string of the molecule is CCC(c1nnnn1Cc1ccco1)N(Cc1ccc(OC)cc1)Cc1cc2ccc(C)cc2[nH]c1=O. The number of tetrazole rings is 1. The van der Waals surface area contributed by atoms with Crippen molar-refractivity contribution in [3.8, 4) is 5.75 Å². The van der Waals surface area contributed by atoms with E-state index in [0.717, 1.165) is 45.8 Å². The Hall–Kier alpha value is -4.24. The summed E-state index contributed by atoms with van der Waals surface area (Å²) >= 11 is 0. The molecule has 3 aromatic heterocycles. The third kappa shape index (κ3) is 5.46. The second-order valence-electron chi connectivity index (χ2n) is 9.17. The first kappa shape index (κ1) is 24.5. The van der Waals surface area contributed by atoms with E-state index < -0.39 is 0 Å². The smallest absolute Gasteiger partial charge is 0.252 e. The predicted octanol–water partition coefficient (Wildman–Crippen LogP) is 4.63. The van der Waals surface area contributed by atoms with Crippen LogP contribution in [-0.4, -0.2) is 37.2 Å². The molecule has 9 heteroatoms. The Balaban J connectivity index is 1.51. The molecule has 0 radical (unpaired) electrons. The van der Waals surface area contributed by atoms with E-state index in [1.807, 2.05) is 61.5 Å². The quantitative estimate of drug-likeness (QED) is 0.300. The van der Waals surface area contributed by atoms with Gasteiger partial charge in [-0.1, -0.05) is 31.2 Å². The number of ether oxygens (including phenoxy) is 1. The van der Waals surface area contributed by atoms with Crippen molar-refractivity contribution in [1.82, 2.24) is 30.1 Å². The highest BCUT2D eigenvalue weighted by Crippen LogP contribution is 2.27. The van der Waals surface area contributed by atoms with E-state index in [9.17, 15) is 4.79 Å². The van der Waals surface area contributed by atoms with E-state index in [0.29, 0.717) is 25.2 Å². The molecule has 0 saturated carbocycles. The van der Waals surface area contributed by atoms with Gasteiger partial charge in [0.25, 0.3) is 5.56 Å². The molecule has 5 aromatic rings. The van der Waals surface area contributed by atoms with E-state index in [1.54, 1.807) is 18.1 Å². The van der Waals surface area contributed by atoms with Gasteiger partial charge in [0.2, 0.25) is 0 Å². The summed E-state index contributed by atoms with van der Waals surface area (Å²) in [6.45, 7) is 5.57. The highest BCUT2D eigenvalue weighted by Gasteiger charge is 2.26. The second kappa shape index (κ2) is 10.8. The fourth-order valence-electron chi connectivity index (χ4n) is 4.66. The average Bonchev–Trinajstić information content (AvgIpc) is 3.58. The zero-order valence-corrected chi connectivity index (χ0v) is 21.2. The number of furan rings is 1. The van der Waals surface area contributed by atoms with Gasteiger partial charge in [-0.3, -0.25) is 9.69 Å². The van der Waals surface area contributed by atoms with Crippen molar-refractivity contribution in [1.29, 1.82) is 0 Å². The van der Waals surface area contributed by atoms with Gasteiger partial charge in [0.15, 0.2) is 5.82 Å². The van der Waals surface area contributed by atoms with Crippen LogP contribution in [0, 0.1) is 6.92 Å². The first-order valence-corrected chi connectivity index (χ1v) is 12.3. The summed E-state index contributed by atoms with van der Waals surface area (Å²) in [5.41, 5.74) is 3.63. The van der Waals surface area contributed by atoms with Crippen molar-refractivity contribution in [3.05, 3.63) is 106 Å². The van der Waals surface area contributed by atoms with E-state index in [1.165, 1.54) is 0 Å². The maximum Gasteiger partial charge on any atom is 0.252 e. The van der Waals surface area contributed by atoms with Crippen molar-refractivity contribution in [3.63, 3.8) is 0 Å². The lowest BCUT2D eigenvalue weighted by Gasteiger charge is -2.30. The van der Waals surface area contributed by atoms with Gasteiger partial charge in [0.05, 0.1) is 19.4 Å². The number of benzene rings is 2. The number of H-pyrrole nitrogens is 1. The Bertz CT molecular complexity index is 1520. The molecule has 3 heterocycles. The van der Waals surface area contributed by atoms with Gasteiger partial charge >= 0.3 is 0 Å². The van der Waals surface area contributed by atoms with Crippen molar-refractivity contribution >= 4 is 10.9 Å². The van der Waals surface area contributed by atoms with Crippen LogP contribution in [0.5, 0.6) is 5.75 Å². The Morgan fingerprint density at radius 3 is 2.68 bits per heavy atom. The molecule has 1 N–H and O–H groups in total. The standard InChI is InChI=1S/C28H30N6O3/c1-4-26(27-30-31-32-34(27)18-24-6-5-13-37-24)33(16-20-8-11-23(36-3)12-9-20)17-22-15-21-10-7-19(2)14-25(21)29-28(22)35/h5-15,26H,4,16-18H2,1-3H3,(H,29,35). The molecular weight excluding hydrogens is 468 g/mol. The molecule has 0 amide bonds. The largest absolute Gasteiger partial charge is 0.497 e. The third-order valence-electron chi connectivity index (χ3n) is 6.57. The molecule has 37 heavy (non-hydrogen) atoms.